The highest BCUT2D eigenvalue weighted by Crippen LogP contribution is 2.39. The van der Waals surface area contributed by atoms with E-state index in [9.17, 15) is 0 Å². The number of rotatable bonds is 15. The fourth-order valence-corrected chi connectivity index (χ4v) is 3.50. The van der Waals surface area contributed by atoms with E-state index in [4.69, 9.17) is 18.9 Å². The number of hydrogen-bond acceptors (Lipinski definition) is 4. The van der Waals surface area contributed by atoms with E-state index in [0.717, 1.165) is 39.6 Å². The van der Waals surface area contributed by atoms with Crippen molar-refractivity contribution in [1.29, 1.82) is 0 Å². The quantitative estimate of drug-likeness (QED) is 0.406. The van der Waals surface area contributed by atoms with Crippen molar-refractivity contribution in [2.24, 2.45) is 16.7 Å². The van der Waals surface area contributed by atoms with E-state index < -0.39 is 0 Å². The van der Waals surface area contributed by atoms with Gasteiger partial charge in [0.2, 0.25) is 0 Å². The summed E-state index contributed by atoms with van der Waals surface area (Å²) in [5.41, 5.74) is 0.514. The number of epoxide rings is 2. The molecule has 4 unspecified atom stereocenters. The second-order valence-corrected chi connectivity index (χ2v) is 8.95. The second-order valence-electron chi connectivity index (χ2n) is 8.95. The Balaban J connectivity index is 1.83. The Labute approximate surface area is 154 Å². The third-order valence-electron chi connectivity index (χ3n) is 6.35. The maximum atomic E-state index is 5.99. The summed E-state index contributed by atoms with van der Waals surface area (Å²) in [6, 6.07) is 0. The first-order valence-corrected chi connectivity index (χ1v) is 10.3. The van der Waals surface area contributed by atoms with Crippen molar-refractivity contribution in [3.63, 3.8) is 0 Å². The van der Waals surface area contributed by atoms with Crippen LogP contribution in [0.5, 0.6) is 0 Å². The fourth-order valence-electron chi connectivity index (χ4n) is 3.50. The fraction of sp³-hybridized carbons (Fsp3) is 1.00. The van der Waals surface area contributed by atoms with Crippen molar-refractivity contribution in [1.82, 2.24) is 0 Å². The normalized spacial score (nSPS) is 28.2. The molecule has 4 heteroatoms. The van der Waals surface area contributed by atoms with Gasteiger partial charge in [-0.3, -0.25) is 0 Å². The Morgan fingerprint density at radius 3 is 1.88 bits per heavy atom. The zero-order valence-electron chi connectivity index (χ0n) is 17.1. The minimum absolute atomic E-state index is 0.0463. The third kappa shape index (κ3) is 7.54. The maximum absolute atomic E-state index is 5.99. The molecule has 0 N–H and O–H groups in total. The Kier molecular flexibility index (Phi) is 8.19. The first-order chi connectivity index (χ1) is 11.9. The van der Waals surface area contributed by atoms with Crippen LogP contribution in [0.15, 0.2) is 0 Å². The van der Waals surface area contributed by atoms with Crippen molar-refractivity contribution in [2.45, 2.75) is 78.9 Å². The van der Waals surface area contributed by atoms with Crippen molar-refractivity contribution in [3.05, 3.63) is 0 Å². The highest BCUT2D eigenvalue weighted by Gasteiger charge is 2.35. The van der Waals surface area contributed by atoms with Gasteiger partial charge in [0.25, 0.3) is 0 Å². The molecule has 2 aliphatic heterocycles. The Morgan fingerprint density at radius 2 is 1.48 bits per heavy atom. The van der Waals surface area contributed by atoms with Gasteiger partial charge in [0, 0.05) is 5.41 Å². The standard InChI is InChI=1S/C21H40O4/c1-6-9-20(4,7-2)10-8-17(3)21(5,15-22-11-18-13-24-18)16-23-12-19-14-25-19/h17-19H,6-16H2,1-5H3. The molecule has 0 aromatic carbocycles. The lowest BCUT2D eigenvalue weighted by atomic mass is 9.71. The molecule has 0 aliphatic carbocycles. The first kappa shape index (κ1) is 21.1. The molecule has 2 heterocycles. The zero-order valence-corrected chi connectivity index (χ0v) is 17.1. The molecular formula is C21H40O4. The van der Waals surface area contributed by atoms with Crippen LogP contribution in [0.25, 0.3) is 0 Å². The monoisotopic (exact) mass is 356 g/mol. The summed E-state index contributed by atoms with van der Waals surface area (Å²) in [6.45, 7) is 16.4. The van der Waals surface area contributed by atoms with Gasteiger partial charge in [-0.2, -0.15) is 0 Å². The predicted molar refractivity (Wildman–Crippen MR) is 101 cm³/mol. The molecule has 25 heavy (non-hydrogen) atoms. The van der Waals surface area contributed by atoms with E-state index >= 15 is 0 Å². The lowest BCUT2D eigenvalue weighted by Gasteiger charge is -2.38. The summed E-state index contributed by atoms with van der Waals surface area (Å²) in [7, 11) is 0. The molecule has 2 fully saturated rings. The summed E-state index contributed by atoms with van der Waals surface area (Å²) >= 11 is 0. The van der Waals surface area contributed by atoms with E-state index in [2.05, 4.69) is 34.6 Å². The van der Waals surface area contributed by atoms with Crippen LogP contribution >= 0.6 is 0 Å². The molecule has 2 saturated heterocycles. The molecule has 0 amide bonds. The third-order valence-corrected chi connectivity index (χ3v) is 6.35. The van der Waals surface area contributed by atoms with E-state index in [1.807, 2.05) is 0 Å². The maximum Gasteiger partial charge on any atom is 0.104 e. The molecule has 148 valence electrons. The van der Waals surface area contributed by atoms with E-state index in [0.29, 0.717) is 23.5 Å². The number of ether oxygens (including phenoxy) is 4. The van der Waals surface area contributed by atoms with Gasteiger partial charge in [-0.05, 0) is 30.6 Å². The summed E-state index contributed by atoms with van der Waals surface area (Å²) in [5, 5.41) is 0. The number of hydrogen-bond donors (Lipinski definition) is 0. The average Bonchev–Trinajstić information content (AvgIpc) is 3.48. The van der Waals surface area contributed by atoms with Gasteiger partial charge in [-0.1, -0.05) is 47.5 Å². The Hall–Kier alpha value is -0.160. The van der Waals surface area contributed by atoms with Crippen molar-refractivity contribution in [2.75, 3.05) is 39.6 Å². The van der Waals surface area contributed by atoms with E-state index in [-0.39, 0.29) is 5.41 Å². The molecular weight excluding hydrogens is 316 g/mol. The van der Waals surface area contributed by atoms with Crippen LogP contribution in [0.2, 0.25) is 0 Å². The highest BCUT2D eigenvalue weighted by atomic mass is 16.6. The first-order valence-electron chi connectivity index (χ1n) is 10.3. The van der Waals surface area contributed by atoms with Gasteiger partial charge in [0.15, 0.2) is 0 Å². The van der Waals surface area contributed by atoms with Crippen LogP contribution in [0.3, 0.4) is 0 Å². The van der Waals surface area contributed by atoms with Crippen LogP contribution in [0, 0.1) is 16.7 Å². The van der Waals surface area contributed by atoms with Crippen LogP contribution < -0.4 is 0 Å². The zero-order chi connectivity index (χ0) is 18.3. The van der Waals surface area contributed by atoms with Crippen LogP contribution in [0.1, 0.15) is 66.7 Å². The van der Waals surface area contributed by atoms with Crippen molar-refractivity contribution in [3.8, 4) is 0 Å². The Morgan fingerprint density at radius 1 is 0.960 bits per heavy atom. The topological polar surface area (TPSA) is 43.5 Å². The van der Waals surface area contributed by atoms with E-state index in [1.54, 1.807) is 0 Å². The molecule has 4 atom stereocenters. The van der Waals surface area contributed by atoms with Gasteiger partial charge in [-0.25, -0.2) is 0 Å². The minimum atomic E-state index is 0.0463. The van der Waals surface area contributed by atoms with Crippen molar-refractivity contribution >= 4 is 0 Å². The van der Waals surface area contributed by atoms with Gasteiger partial charge in [-0.15, -0.1) is 0 Å². The second kappa shape index (κ2) is 9.68. The smallest absolute Gasteiger partial charge is 0.104 e. The van der Waals surface area contributed by atoms with Crippen molar-refractivity contribution < 1.29 is 18.9 Å². The largest absolute Gasteiger partial charge is 0.378 e. The SMILES string of the molecule is CCCC(C)(CC)CCC(C)C(C)(COCC1CO1)COCC1CO1. The summed E-state index contributed by atoms with van der Waals surface area (Å²) in [4.78, 5) is 0. The lowest BCUT2D eigenvalue weighted by molar-refractivity contribution is -0.0501. The van der Waals surface area contributed by atoms with Gasteiger partial charge < -0.3 is 18.9 Å². The highest BCUT2D eigenvalue weighted by molar-refractivity contribution is 4.84. The summed E-state index contributed by atoms with van der Waals surface area (Å²) in [5.74, 6) is 0.565. The van der Waals surface area contributed by atoms with Gasteiger partial charge in [0.1, 0.15) is 12.2 Å². The van der Waals surface area contributed by atoms with Gasteiger partial charge >= 0.3 is 0 Å². The van der Waals surface area contributed by atoms with E-state index in [1.165, 1.54) is 32.1 Å². The minimum Gasteiger partial charge on any atom is -0.378 e. The summed E-state index contributed by atoms with van der Waals surface area (Å²) < 4.78 is 22.5. The van der Waals surface area contributed by atoms with Crippen LogP contribution in [-0.4, -0.2) is 51.8 Å². The van der Waals surface area contributed by atoms with Crippen LogP contribution in [0.4, 0.5) is 0 Å². The van der Waals surface area contributed by atoms with Gasteiger partial charge in [0.05, 0.1) is 39.6 Å². The molecule has 2 rings (SSSR count). The molecule has 0 radical (unpaired) electrons. The molecule has 0 saturated carbocycles. The average molecular weight is 357 g/mol. The Bertz CT molecular complexity index is 360. The molecule has 2 aliphatic rings. The lowest BCUT2D eigenvalue weighted by Crippen LogP contribution is -2.37. The molecule has 0 spiro atoms. The molecule has 0 aromatic heterocycles. The molecule has 4 nitrogen and oxygen atoms in total. The summed E-state index contributed by atoms with van der Waals surface area (Å²) in [6.07, 6.45) is 7.01. The molecule has 0 aromatic rings. The predicted octanol–water partition coefficient (Wildman–Crippen LogP) is 4.46. The van der Waals surface area contributed by atoms with Crippen LogP contribution in [-0.2, 0) is 18.9 Å². The molecule has 0 bridgehead atoms.